The van der Waals surface area contributed by atoms with E-state index in [4.69, 9.17) is 9.47 Å². The number of benzene rings is 2. The third-order valence-corrected chi connectivity index (χ3v) is 6.97. The first-order valence-electron chi connectivity index (χ1n) is 11.2. The van der Waals surface area contributed by atoms with Gasteiger partial charge in [0.2, 0.25) is 5.91 Å². The number of thiazole rings is 1. The number of ether oxygens (including phenoxy) is 2. The van der Waals surface area contributed by atoms with E-state index in [0.29, 0.717) is 34.8 Å². The largest absolute Gasteiger partial charge is 0.493 e. The Kier molecular flexibility index (Phi) is 7.39. The third kappa shape index (κ3) is 5.24. The first-order valence-corrected chi connectivity index (χ1v) is 12.0. The van der Waals surface area contributed by atoms with Crippen LogP contribution in [-0.2, 0) is 17.4 Å². The number of hydrogen-bond donors (Lipinski definition) is 1. The molecule has 0 saturated heterocycles. The number of nitrogens with zero attached hydrogens (tertiary/aromatic N) is 2. The minimum absolute atomic E-state index is 0.0698. The van der Waals surface area contributed by atoms with Crippen molar-refractivity contribution < 1.29 is 36.6 Å². The Hall–Kier alpha value is -3.67. The highest BCUT2D eigenvalue weighted by atomic mass is 32.1. The highest BCUT2D eigenvalue weighted by Gasteiger charge is 2.40. The van der Waals surface area contributed by atoms with E-state index < -0.39 is 47.0 Å². The van der Waals surface area contributed by atoms with E-state index in [-0.39, 0.29) is 17.1 Å². The van der Waals surface area contributed by atoms with Gasteiger partial charge in [0.05, 0.1) is 31.8 Å². The summed E-state index contributed by atoms with van der Waals surface area (Å²) in [5.74, 6) is -1.30. The molecule has 0 saturated carbocycles. The zero-order valence-electron chi connectivity index (χ0n) is 20.1. The molecule has 0 bridgehead atoms. The molecule has 0 fully saturated rings. The Balaban J connectivity index is 1.65. The number of methoxy groups -OCH3 is 2. The lowest BCUT2D eigenvalue weighted by molar-refractivity contribution is -0.141. The van der Waals surface area contributed by atoms with Gasteiger partial charge in [0, 0.05) is 12.1 Å². The predicted molar refractivity (Wildman–Crippen MR) is 127 cm³/mol. The molecule has 1 atom stereocenters. The van der Waals surface area contributed by atoms with Crippen LogP contribution in [-0.4, -0.2) is 49.0 Å². The molecule has 2 amide bonds. The van der Waals surface area contributed by atoms with Gasteiger partial charge in [-0.25, -0.2) is 9.37 Å². The Labute approximate surface area is 214 Å². The van der Waals surface area contributed by atoms with Gasteiger partial charge in [-0.15, -0.1) is 11.3 Å². The minimum atomic E-state index is -4.81. The molecule has 2 aromatic carbocycles. The van der Waals surface area contributed by atoms with Crippen molar-refractivity contribution in [2.75, 3.05) is 27.3 Å². The molecule has 1 N–H and O–H groups in total. The van der Waals surface area contributed by atoms with E-state index >= 15 is 0 Å². The van der Waals surface area contributed by atoms with Gasteiger partial charge >= 0.3 is 6.18 Å². The summed E-state index contributed by atoms with van der Waals surface area (Å²) in [4.78, 5) is 30.1. The van der Waals surface area contributed by atoms with Crippen LogP contribution in [0.2, 0.25) is 0 Å². The number of fused-ring (bicyclic) bond motifs is 1. The summed E-state index contributed by atoms with van der Waals surface area (Å²) in [7, 11) is 2.95. The third-order valence-electron chi connectivity index (χ3n) is 6.00. The number of rotatable bonds is 6. The fraction of sp³-hybridized carbons (Fsp3) is 0.320. The van der Waals surface area contributed by atoms with Gasteiger partial charge in [-0.05, 0) is 42.7 Å². The number of amides is 2. The average Bonchev–Trinajstić information content (AvgIpc) is 3.28. The van der Waals surface area contributed by atoms with E-state index in [2.05, 4.69) is 10.3 Å². The van der Waals surface area contributed by atoms with Gasteiger partial charge in [0.1, 0.15) is 10.7 Å². The summed E-state index contributed by atoms with van der Waals surface area (Å²) in [6, 6.07) is 8.60. The molecule has 0 aliphatic carbocycles. The van der Waals surface area contributed by atoms with Crippen molar-refractivity contribution in [3.8, 4) is 11.5 Å². The molecule has 7 nitrogen and oxygen atoms in total. The van der Waals surface area contributed by atoms with Crippen LogP contribution in [0.15, 0.2) is 36.4 Å². The lowest BCUT2D eigenvalue weighted by Gasteiger charge is -2.38. The van der Waals surface area contributed by atoms with Crippen molar-refractivity contribution in [3.05, 3.63) is 74.5 Å². The van der Waals surface area contributed by atoms with Crippen LogP contribution in [0.5, 0.6) is 11.5 Å². The molecule has 1 aromatic heterocycles. The number of alkyl halides is 3. The maximum Gasteiger partial charge on any atom is 0.435 e. The molecule has 196 valence electrons. The zero-order chi connectivity index (χ0) is 26.9. The van der Waals surface area contributed by atoms with Crippen molar-refractivity contribution in [3.63, 3.8) is 0 Å². The van der Waals surface area contributed by atoms with E-state index in [1.807, 2.05) is 0 Å². The lowest BCUT2D eigenvalue weighted by atomic mass is 9.87. The molecule has 0 radical (unpaired) electrons. The smallest absolute Gasteiger partial charge is 0.435 e. The van der Waals surface area contributed by atoms with Crippen LogP contribution in [0.1, 0.15) is 43.1 Å². The SMILES string of the molecule is COc1cc2c(cc1OC)C(c1ccccc1F)N(C(=O)CNC(=O)c1sc(C)nc1C(F)(F)F)CC2. The number of hydrogen-bond acceptors (Lipinski definition) is 6. The summed E-state index contributed by atoms with van der Waals surface area (Å²) in [6.45, 7) is 0.958. The monoisotopic (exact) mass is 537 g/mol. The van der Waals surface area contributed by atoms with Crippen molar-refractivity contribution in [1.82, 2.24) is 15.2 Å². The van der Waals surface area contributed by atoms with E-state index in [1.54, 1.807) is 24.3 Å². The van der Waals surface area contributed by atoms with Gasteiger partial charge in [-0.2, -0.15) is 13.2 Å². The predicted octanol–water partition coefficient (Wildman–Crippen LogP) is 4.53. The van der Waals surface area contributed by atoms with Crippen LogP contribution in [0.4, 0.5) is 17.6 Å². The highest BCUT2D eigenvalue weighted by Crippen LogP contribution is 2.41. The fourth-order valence-corrected chi connectivity index (χ4v) is 5.21. The van der Waals surface area contributed by atoms with Crippen LogP contribution in [0.3, 0.4) is 0 Å². The first-order chi connectivity index (χ1) is 17.5. The lowest BCUT2D eigenvalue weighted by Crippen LogP contribution is -2.45. The van der Waals surface area contributed by atoms with Crippen molar-refractivity contribution in [1.29, 1.82) is 0 Å². The second-order valence-electron chi connectivity index (χ2n) is 8.26. The molecule has 0 spiro atoms. The number of aryl methyl sites for hydroxylation is 1. The van der Waals surface area contributed by atoms with Crippen molar-refractivity contribution in [2.24, 2.45) is 0 Å². The van der Waals surface area contributed by atoms with E-state index in [0.717, 1.165) is 5.56 Å². The van der Waals surface area contributed by atoms with E-state index in [9.17, 15) is 27.2 Å². The molecule has 37 heavy (non-hydrogen) atoms. The quantitative estimate of drug-likeness (QED) is 0.468. The Morgan fingerprint density at radius 1 is 1.14 bits per heavy atom. The summed E-state index contributed by atoms with van der Waals surface area (Å²) >= 11 is 0.591. The maximum atomic E-state index is 15.0. The van der Waals surface area contributed by atoms with Crippen LogP contribution < -0.4 is 14.8 Å². The topological polar surface area (TPSA) is 80.8 Å². The van der Waals surface area contributed by atoms with Crippen molar-refractivity contribution >= 4 is 23.2 Å². The Bertz CT molecular complexity index is 1340. The average molecular weight is 538 g/mol. The molecule has 2 heterocycles. The molecule has 1 aliphatic heterocycles. The number of halogens is 4. The second kappa shape index (κ2) is 10.4. The molecule has 1 unspecified atom stereocenters. The maximum absolute atomic E-state index is 15.0. The fourth-order valence-electron chi connectivity index (χ4n) is 4.36. The molecule has 1 aliphatic rings. The first kappa shape index (κ1) is 26.4. The summed E-state index contributed by atoms with van der Waals surface area (Å²) in [5, 5.41) is 2.34. The molecular weight excluding hydrogens is 514 g/mol. The summed E-state index contributed by atoms with van der Waals surface area (Å²) in [6.07, 6.45) is -4.40. The van der Waals surface area contributed by atoms with Crippen LogP contribution in [0, 0.1) is 12.7 Å². The normalized spacial score (nSPS) is 15.2. The highest BCUT2D eigenvalue weighted by molar-refractivity contribution is 7.13. The van der Waals surface area contributed by atoms with E-state index in [1.165, 1.54) is 38.2 Å². The molecule has 4 rings (SSSR count). The zero-order valence-corrected chi connectivity index (χ0v) is 20.9. The number of nitrogens with one attached hydrogen (secondary N) is 1. The molecular formula is C25H23F4N3O4S. The summed E-state index contributed by atoms with van der Waals surface area (Å²) in [5.41, 5.74) is 0.380. The Morgan fingerprint density at radius 3 is 2.46 bits per heavy atom. The number of aromatic nitrogens is 1. The van der Waals surface area contributed by atoms with Crippen LogP contribution >= 0.6 is 11.3 Å². The standard InChI is InChI=1S/C25H23F4N3O4S/c1-13-31-23(25(27,28)29)22(37-13)24(34)30-12-20(33)32-9-8-14-10-18(35-2)19(36-3)11-16(14)21(32)15-6-4-5-7-17(15)26/h4-7,10-11,21H,8-9,12H2,1-3H3,(H,30,34). The van der Waals surface area contributed by atoms with Gasteiger partial charge in [-0.1, -0.05) is 18.2 Å². The number of carbonyl (C=O) groups excluding carboxylic acids is 2. The van der Waals surface area contributed by atoms with Gasteiger partial charge < -0.3 is 19.7 Å². The van der Waals surface area contributed by atoms with Gasteiger partial charge in [-0.3, -0.25) is 9.59 Å². The number of carbonyl (C=O) groups is 2. The molecule has 12 heteroatoms. The van der Waals surface area contributed by atoms with Gasteiger partial charge in [0.25, 0.3) is 5.91 Å². The van der Waals surface area contributed by atoms with Crippen LogP contribution in [0.25, 0.3) is 0 Å². The Morgan fingerprint density at radius 2 is 1.81 bits per heavy atom. The summed E-state index contributed by atoms with van der Waals surface area (Å²) < 4.78 is 65.6. The second-order valence-corrected chi connectivity index (χ2v) is 9.46. The minimum Gasteiger partial charge on any atom is -0.493 e. The van der Waals surface area contributed by atoms with Gasteiger partial charge in [0.15, 0.2) is 17.2 Å². The van der Waals surface area contributed by atoms with Crippen molar-refractivity contribution in [2.45, 2.75) is 25.6 Å². The molecule has 3 aromatic rings.